The van der Waals surface area contributed by atoms with Crippen molar-refractivity contribution in [1.29, 1.82) is 0 Å². The molecule has 0 amide bonds. The van der Waals surface area contributed by atoms with Crippen molar-refractivity contribution in [3.8, 4) is 0 Å². The van der Waals surface area contributed by atoms with E-state index in [0.29, 0.717) is 10.9 Å². The fourth-order valence-corrected chi connectivity index (χ4v) is 2.62. The molecule has 0 unspecified atom stereocenters. The normalized spacial score (nSPS) is 10.6. The maximum absolute atomic E-state index is 13.1. The Kier molecular flexibility index (Phi) is 4.48. The number of ether oxygens (including phenoxy) is 1. The van der Waals surface area contributed by atoms with Crippen molar-refractivity contribution in [1.82, 2.24) is 0 Å². The molecule has 0 N–H and O–H groups in total. The smallest absolute Gasteiger partial charge is 0.351 e. The van der Waals surface area contributed by atoms with Crippen LogP contribution >= 0.6 is 0 Å². The molecule has 5 heteroatoms. The predicted molar refractivity (Wildman–Crippen MR) is 93.1 cm³/mol. The van der Waals surface area contributed by atoms with Crippen LogP contribution in [0.4, 0.5) is 0 Å². The number of rotatable bonds is 4. The second-order valence-corrected chi connectivity index (χ2v) is 5.55. The largest absolute Gasteiger partial charge is 0.462 e. The van der Waals surface area contributed by atoms with Gasteiger partial charge >= 0.3 is 11.6 Å². The lowest BCUT2D eigenvalue weighted by Gasteiger charge is -2.10. The molecule has 0 aliphatic heterocycles. The molecule has 0 atom stereocenters. The second kappa shape index (κ2) is 6.73. The third-order valence-electron chi connectivity index (χ3n) is 3.83. The summed E-state index contributed by atoms with van der Waals surface area (Å²) in [5, 5.41) is 0.399. The highest BCUT2D eigenvalue weighted by Crippen LogP contribution is 2.24. The first-order valence-electron chi connectivity index (χ1n) is 7.87. The van der Waals surface area contributed by atoms with Gasteiger partial charge in [0, 0.05) is 10.9 Å². The highest BCUT2D eigenvalue weighted by atomic mass is 16.5. The van der Waals surface area contributed by atoms with Gasteiger partial charge in [-0.05, 0) is 19.9 Å². The van der Waals surface area contributed by atoms with E-state index in [2.05, 4.69) is 0 Å². The van der Waals surface area contributed by atoms with Crippen LogP contribution in [-0.2, 0) is 4.74 Å². The molecule has 0 saturated carbocycles. The number of hydrogen-bond acceptors (Lipinski definition) is 5. The first-order valence-corrected chi connectivity index (χ1v) is 7.87. The van der Waals surface area contributed by atoms with E-state index in [0.717, 1.165) is 5.56 Å². The van der Waals surface area contributed by atoms with Crippen molar-refractivity contribution < 1.29 is 18.7 Å². The lowest BCUT2D eigenvalue weighted by Crippen LogP contribution is -2.22. The van der Waals surface area contributed by atoms with E-state index in [9.17, 15) is 14.4 Å². The van der Waals surface area contributed by atoms with Crippen LogP contribution in [-0.4, -0.2) is 18.4 Å². The summed E-state index contributed by atoms with van der Waals surface area (Å²) >= 11 is 0. The summed E-state index contributed by atoms with van der Waals surface area (Å²) in [5.41, 5.74) is 0.385. The van der Waals surface area contributed by atoms with Crippen LogP contribution in [0.25, 0.3) is 11.0 Å². The standard InChI is InChI=1S/C20H16O5/c1-3-24-19(22)17-16(18(21)13-10-8-12(2)9-11-13)14-6-4-5-7-15(14)25-20(17)23/h4-11H,3H2,1-2H3. The minimum Gasteiger partial charge on any atom is -0.462 e. The van der Waals surface area contributed by atoms with E-state index in [1.54, 1.807) is 55.5 Å². The number of benzene rings is 2. The highest BCUT2D eigenvalue weighted by molar-refractivity contribution is 6.20. The molecule has 25 heavy (non-hydrogen) atoms. The number of esters is 1. The summed E-state index contributed by atoms with van der Waals surface area (Å²) in [7, 11) is 0. The van der Waals surface area contributed by atoms with Crippen molar-refractivity contribution in [2.45, 2.75) is 13.8 Å². The van der Waals surface area contributed by atoms with E-state index in [4.69, 9.17) is 9.15 Å². The SMILES string of the molecule is CCOC(=O)c1c(C(=O)c2ccc(C)cc2)c2ccccc2oc1=O. The van der Waals surface area contributed by atoms with E-state index in [1.165, 1.54) is 0 Å². The Morgan fingerprint density at radius 3 is 2.36 bits per heavy atom. The van der Waals surface area contributed by atoms with E-state index in [1.807, 2.05) is 6.92 Å². The van der Waals surface area contributed by atoms with Gasteiger partial charge in [-0.15, -0.1) is 0 Å². The second-order valence-electron chi connectivity index (χ2n) is 5.55. The number of para-hydroxylation sites is 1. The Balaban J connectivity index is 2.31. The van der Waals surface area contributed by atoms with Crippen LogP contribution in [0.5, 0.6) is 0 Å². The summed E-state index contributed by atoms with van der Waals surface area (Å²) in [6.45, 7) is 3.62. The average Bonchev–Trinajstić information content (AvgIpc) is 2.60. The number of ketones is 1. The van der Waals surface area contributed by atoms with Gasteiger partial charge in [0.2, 0.25) is 0 Å². The number of aryl methyl sites for hydroxylation is 1. The lowest BCUT2D eigenvalue weighted by molar-refractivity contribution is 0.0519. The van der Waals surface area contributed by atoms with E-state index < -0.39 is 17.4 Å². The third-order valence-corrected chi connectivity index (χ3v) is 3.83. The van der Waals surface area contributed by atoms with Crippen LogP contribution in [0, 0.1) is 6.92 Å². The molecule has 3 rings (SSSR count). The van der Waals surface area contributed by atoms with Gasteiger partial charge in [-0.2, -0.15) is 0 Å². The van der Waals surface area contributed by atoms with Gasteiger partial charge in [0.25, 0.3) is 0 Å². The first kappa shape index (κ1) is 16.6. The quantitative estimate of drug-likeness (QED) is 0.414. The number of hydrogen-bond donors (Lipinski definition) is 0. The highest BCUT2D eigenvalue weighted by Gasteiger charge is 2.27. The third kappa shape index (κ3) is 3.08. The molecule has 5 nitrogen and oxygen atoms in total. The van der Waals surface area contributed by atoms with Crippen molar-refractivity contribution in [3.63, 3.8) is 0 Å². The molecular weight excluding hydrogens is 320 g/mol. The monoisotopic (exact) mass is 336 g/mol. The van der Waals surface area contributed by atoms with Crippen LogP contribution in [0.1, 0.15) is 38.8 Å². The van der Waals surface area contributed by atoms with Crippen LogP contribution < -0.4 is 5.63 Å². The molecule has 0 spiro atoms. The van der Waals surface area contributed by atoms with Crippen LogP contribution in [0.2, 0.25) is 0 Å². The van der Waals surface area contributed by atoms with Gasteiger partial charge in [-0.1, -0.05) is 48.0 Å². The molecule has 126 valence electrons. The predicted octanol–water partition coefficient (Wildman–Crippen LogP) is 3.51. The maximum Gasteiger partial charge on any atom is 0.351 e. The van der Waals surface area contributed by atoms with Crippen LogP contribution in [0.3, 0.4) is 0 Å². The Bertz CT molecular complexity index is 1010. The number of carbonyl (C=O) groups excluding carboxylic acids is 2. The molecule has 1 aromatic heterocycles. The van der Waals surface area contributed by atoms with Crippen molar-refractivity contribution >= 4 is 22.7 Å². The van der Waals surface area contributed by atoms with Crippen LogP contribution in [0.15, 0.2) is 57.7 Å². The molecular formula is C20H16O5. The lowest BCUT2D eigenvalue weighted by atomic mass is 9.95. The average molecular weight is 336 g/mol. The van der Waals surface area contributed by atoms with Gasteiger partial charge in [-0.25, -0.2) is 9.59 Å². The van der Waals surface area contributed by atoms with Crippen molar-refractivity contribution in [3.05, 3.63) is 81.2 Å². The first-order chi connectivity index (χ1) is 12.0. The maximum atomic E-state index is 13.1. The Hall–Kier alpha value is -3.21. The number of fused-ring (bicyclic) bond motifs is 1. The molecule has 0 fully saturated rings. The van der Waals surface area contributed by atoms with E-state index in [-0.39, 0.29) is 23.3 Å². The molecule has 0 radical (unpaired) electrons. The van der Waals surface area contributed by atoms with Crippen molar-refractivity contribution in [2.75, 3.05) is 6.61 Å². The summed E-state index contributed by atoms with van der Waals surface area (Å²) in [4.78, 5) is 37.7. The number of carbonyl (C=O) groups is 2. The van der Waals surface area contributed by atoms with Gasteiger partial charge in [0.1, 0.15) is 5.58 Å². The molecule has 3 aromatic rings. The minimum atomic E-state index is -0.882. The summed E-state index contributed by atoms with van der Waals surface area (Å²) in [6.07, 6.45) is 0. The molecule has 0 aliphatic rings. The zero-order chi connectivity index (χ0) is 18.0. The van der Waals surface area contributed by atoms with Gasteiger partial charge in [0.15, 0.2) is 11.3 Å². The molecule has 1 heterocycles. The zero-order valence-corrected chi connectivity index (χ0v) is 13.9. The van der Waals surface area contributed by atoms with Gasteiger partial charge in [-0.3, -0.25) is 4.79 Å². The summed E-state index contributed by atoms with van der Waals surface area (Å²) in [5.74, 6) is -1.29. The zero-order valence-electron chi connectivity index (χ0n) is 13.9. The van der Waals surface area contributed by atoms with Gasteiger partial charge in [0.05, 0.1) is 12.2 Å². The Labute approximate surface area is 143 Å². The van der Waals surface area contributed by atoms with Gasteiger partial charge < -0.3 is 9.15 Å². The Morgan fingerprint density at radius 1 is 1.00 bits per heavy atom. The fourth-order valence-electron chi connectivity index (χ4n) is 2.62. The summed E-state index contributed by atoms with van der Waals surface area (Å²) in [6, 6.07) is 13.5. The molecule has 2 aromatic carbocycles. The molecule has 0 saturated heterocycles. The molecule has 0 aliphatic carbocycles. The topological polar surface area (TPSA) is 73.6 Å². The minimum absolute atomic E-state index is 0.00848. The fraction of sp³-hybridized carbons (Fsp3) is 0.150. The summed E-state index contributed by atoms with van der Waals surface area (Å²) < 4.78 is 10.1. The van der Waals surface area contributed by atoms with E-state index >= 15 is 0 Å². The molecule has 0 bridgehead atoms. The Morgan fingerprint density at radius 2 is 1.68 bits per heavy atom. The van der Waals surface area contributed by atoms with Crippen molar-refractivity contribution in [2.24, 2.45) is 0 Å².